The number of hydrogen-bond acceptors (Lipinski definition) is 9. The van der Waals surface area contributed by atoms with Crippen molar-refractivity contribution in [3.8, 4) is 0 Å². The molecule has 0 bridgehead atoms. The fourth-order valence-electron chi connectivity index (χ4n) is 3.89. The molecule has 4 rings (SSSR count). The molecule has 0 unspecified atom stereocenters. The minimum atomic E-state index is -1.81. The van der Waals surface area contributed by atoms with Crippen LogP contribution in [0.5, 0.6) is 0 Å². The first-order valence-corrected chi connectivity index (χ1v) is 11.6. The number of carboxylic acid groups (broad SMARTS) is 1. The third-order valence-electron chi connectivity index (χ3n) is 5.73. The standard InChI is InChI=1S/C28H24O10/c1-34-28-23(37-27(33)19-15-9-4-10-16-19)21(36-26(32)18-13-7-3-8-14-18)20(22(38-28)24(29)30)35-25(31)17-11-5-2-6-12-17/h2-16,20-23,28H,1H3,(H,29,30)/t20-,21-,22-,23-,28+/m0/s1. The summed E-state index contributed by atoms with van der Waals surface area (Å²) in [4.78, 5) is 51.1. The van der Waals surface area contributed by atoms with Gasteiger partial charge in [-0.1, -0.05) is 54.6 Å². The van der Waals surface area contributed by atoms with E-state index < -0.39 is 54.6 Å². The number of carbonyl (C=O) groups excluding carboxylic acids is 3. The van der Waals surface area contributed by atoms with Crippen LogP contribution >= 0.6 is 0 Å². The molecule has 196 valence electrons. The Hall–Kier alpha value is -4.54. The second kappa shape index (κ2) is 12.1. The van der Waals surface area contributed by atoms with Crippen LogP contribution in [0.3, 0.4) is 0 Å². The lowest BCUT2D eigenvalue weighted by Crippen LogP contribution is -2.63. The number of esters is 3. The van der Waals surface area contributed by atoms with Crippen LogP contribution in [0.25, 0.3) is 0 Å². The van der Waals surface area contributed by atoms with E-state index in [4.69, 9.17) is 23.7 Å². The van der Waals surface area contributed by atoms with Crippen molar-refractivity contribution < 1.29 is 48.0 Å². The minimum absolute atomic E-state index is 0.122. The van der Waals surface area contributed by atoms with Crippen molar-refractivity contribution >= 4 is 23.9 Å². The van der Waals surface area contributed by atoms with Crippen LogP contribution < -0.4 is 0 Å². The Morgan fingerprint density at radius 2 is 0.974 bits per heavy atom. The van der Waals surface area contributed by atoms with E-state index in [0.717, 1.165) is 0 Å². The Balaban J connectivity index is 1.72. The fraction of sp³-hybridized carbons (Fsp3) is 0.214. The van der Waals surface area contributed by atoms with E-state index in [9.17, 15) is 24.3 Å². The van der Waals surface area contributed by atoms with Gasteiger partial charge >= 0.3 is 23.9 Å². The number of benzene rings is 3. The van der Waals surface area contributed by atoms with E-state index in [-0.39, 0.29) is 16.7 Å². The first kappa shape index (κ1) is 26.5. The lowest BCUT2D eigenvalue weighted by atomic mass is 9.97. The number of carbonyl (C=O) groups is 4. The fourth-order valence-corrected chi connectivity index (χ4v) is 3.89. The molecule has 5 atom stereocenters. The van der Waals surface area contributed by atoms with Gasteiger partial charge in [0.05, 0.1) is 16.7 Å². The third kappa shape index (κ3) is 6.05. The monoisotopic (exact) mass is 520 g/mol. The molecule has 10 nitrogen and oxygen atoms in total. The second-order valence-corrected chi connectivity index (χ2v) is 8.21. The van der Waals surface area contributed by atoms with Crippen molar-refractivity contribution in [3.05, 3.63) is 108 Å². The molecule has 3 aromatic rings. The predicted octanol–water partition coefficient (Wildman–Crippen LogP) is 3.12. The van der Waals surface area contributed by atoms with E-state index in [1.165, 1.54) is 43.5 Å². The van der Waals surface area contributed by atoms with Crippen molar-refractivity contribution in [1.29, 1.82) is 0 Å². The molecular formula is C28H24O10. The van der Waals surface area contributed by atoms with Gasteiger partial charge in [-0.25, -0.2) is 19.2 Å². The number of rotatable bonds is 8. The maximum absolute atomic E-state index is 13.1. The van der Waals surface area contributed by atoms with E-state index in [2.05, 4.69) is 0 Å². The lowest BCUT2D eigenvalue weighted by Gasteiger charge is -2.42. The van der Waals surface area contributed by atoms with Crippen molar-refractivity contribution in [2.45, 2.75) is 30.7 Å². The highest BCUT2D eigenvalue weighted by atomic mass is 16.7. The smallest absolute Gasteiger partial charge is 0.338 e. The van der Waals surface area contributed by atoms with Gasteiger partial charge in [0, 0.05) is 7.11 Å². The molecule has 1 heterocycles. The number of ether oxygens (including phenoxy) is 5. The van der Waals surface area contributed by atoms with Crippen molar-refractivity contribution in [1.82, 2.24) is 0 Å². The van der Waals surface area contributed by atoms with Gasteiger partial charge in [-0.2, -0.15) is 0 Å². The summed E-state index contributed by atoms with van der Waals surface area (Å²) in [6.45, 7) is 0. The molecule has 0 aliphatic carbocycles. The molecule has 0 amide bonds. The SMILES string of the molecule is CO[C@@H]1O[C@H](C(=O)O)[C@@H](OC(=O)c2ccccc2)[C@H](OC(=O)c2ccccc2)[C@@H]1OC(=O)c1ccccc1. The van der Waals surface area contributed by atoms with Crippen molar-refractivity contribution in [2.24, 2.45) is 0 Å². The zero-order valence-corrected chi connectivity index (χ0v) is 20.2. The van der Waals surface area contributed by atoms with Crippen LogP contribution in [-0.4, -0.2) is 66.8 Å². The lowest BCUT2D eigenvalue weighted by molar-refractivity contribution is -0.285. The Bertz CT molecular complexity index is 1260. The van der Waals surface area contributed by atoms with Gasteiger partial charge in [0.1, 0.15) is 0 Å². The van der Waals surface area contributed by atoms with E-state index in [1.54, 1.807) is 54.6 Å². The molecular weight excluding hydrogens is 496 g/mol. The van der Waals surface area contributed by atoms with E-state index in [0.29, 0.717) is 0 Å². The van der Waals surface area contributed by atoms with Gasteiger partial charge in [-0.05, 0) is 36.4 Å². The molecule has 1 fully saturated rings. The van der Waals surface area contributed by atoms with Crippen LogP contribution in [-0.2, 0) is 28.5 Å². The Kier molecular flexibility index (Phi) is 8.47. The summed E-state index contributed by atoms with van der Waals surface area (Å²) in [7, 11) is 1.21. The number of carboxylic acids is 1. The first-order valence-electron chi connectivity index (χ1n) is 11.6. The van der Waals surface area contributed by atoms with E-state index >= 15 is 0 Å². The summed E-state index contributed by atoms with van der Waals surface area (Å²) in [5, 5.41) is 9.90. The highest BCUT2D eigenvalue weighted by Crippen LogP contribution is 2.31. The van der Waals surface area contributed by atoms with Crippen molar-refractivity contribution in [3.63, 3.8) is 0 Å². The molecule has 10 heteroatoms. The van der Waals surface area contributed by atoms with Gasteiger partial charge < -0.3 is 28.8 Å². The Morgan fingerprint density at radius 3 is 1.34 bits per heavy atom. The first-order chi connectivity index (χ1) is 18.4. The normalized spacial score (nSPS) is 22.6. The molecule has 3 aromatic carbocycles. The van der Waals surface area contributed by atoms with Gasteiger partial charge in [-0.3, -0.25) is 0 Å². The predicted molar refractivity (Wildman–Crippen MR) is 130 cm³/mol. The maximum Gasteiger partial charge on any atom is 0.338 e. The second-order valence-electron chi connectivity index (χ2n) is 8.21. The summed E-state index contributed by atoms with van der Waals surface area (Å²) in [5.41, 5.74) is 0.436. The molecule has 0 saturated carbocycles. The number of hydrogen-bond donors (Lipinski definition) is 1. The summed E-state index contributed by atoms with van der Waals surface area (Å²) in [6.07, 6.45) is -8.09. The van der Waals surface area contributed by atoms with Gasteiger partial charge in [0.25, 0.3) is 0 Å². The molecule has 1 saturated heterocycles. The molecule has 0 spiro atoms. The van der Waals surface area contributed by atoms with E-state index in [1.807, 2.05) is 0 Å². The number of aliphatic carboxylic acids is 1. The third-order valence-corrected chi connectivity index (χ3v) is 5.73. The molecule has 0 aromatic heterocycles. The highest BCUT2D eigenvalue weighted by molar-refractivity contribution is 5.91. The Morgan fingerprint density at radius 1 is 0.605 bits per heavy atom. The average Bonchev–Trinajstić information content (AvgIpc) is 2.95. The Labute approximate surface area is 217 Å². The quantitative estimate of drug-likeness (QED) is 0.349. The van der Waals surface area contributed by atoms with Gasteiger partial charge in [-0.15, -0.1) is 0 Å². The van der Waals surface area contributed by atoms with Crippen LogP contribution in [0.1, 0.15) is 31.1 Å². The number of methoxy groups -OCH3 is 1. The summed E-state index contributed by atoms with van der Waals surface area (Å²) in [6, 6.07) is 23.7. The summed E-state index contributed by atoms with van der Waals surface area (Å²) in [5.74, 6) is -4.08. The van der Waals surface area contributed by atoms with Crippen LogP contribution in [0.4, 0.5) is 0 Å². The molecule has 1 aliphatic rings. The van der Waals surface area contributed by atoms with Crippen LogP contribution in [0.2, 0.25) is 0 Å². The van der Waals surface area contributed by atoms with Crippen LogP contribution in [0.15, 0.2) is 91.0 Å². The van der Waals surface area contributed by atoms with Crippen molar-refractivity contribution in [2.75, 3.05) is 7.11 Å². The minimum Gasteiger partial charge on any atom is -0.479 e. The summed E-state index contributed by atoms with van der Waals surface area (Å²) >= 11 is 0. The maximum atomic E-state index is 13.1. The topological polar surface area (TPSA) is 135 Å². The van der Waals surface area contributed by atoms with Gasteiger partial charge in [0.2, 0.25) is 0 Å². The zero-order valence-electron chi connectivity index (χ0n) is 20.2. The van der Waals surface area contributed by atoms with Gasteiger partial charge in [0.15, 0.2) is 30.7 Å². The molecule has 0 radical (unpaired) electrons. The highest BCUT2D eigenvalue weighted by Gasteiger charge is 2.55. The molecule has 1 aliphatic heterocycles. The molecule has 38 heavy (non-hydrogen) atoms. The summed E-state index contributed by atoms with van der Waals surface area (Å²) < 4.78 is 27.7. The zero-order chi connectivity index (χ0) is 27.1. The molecule has 1 N–H and O–H groups in total. The largest absolute Gasteiger partial charge is 0.479 e. The average molecular weight is 520 g/mol. The van der Waals surface area contributed by atoms with Crippen LogP contribution in [0, 0.1) is 0 Å².